The molecule has 1 saturated heterocycles. The molecule has 2 saturated carbocycles. The van der Waals surface area contributed by atoms with Gasteiger partial charge in [0.25, 0.3) is 5.91 Å². The summed E-state index contributed by atoms with van der Waals surface area (Å²) in [7, 11) is -3.79. The molecule has 0 spiro atoms. The van der Waals surface area contributed by atoms with Crippen molar-refractivity contribution in [2.75, 3.05) is 6.54 Å². The van der Waals surface area contributed by atoms with Gasteiger partial charge in [0.05, 0.1) is 11.7 Å². The number of hydrogen-bond acceptors (Lipinski definition) is 6. The minimum Gasteiger partial charge on any atom is -0.344 e. The number of nitrogens with zero attached hydrogens (tertiary/aromatic N) is 1. The van der Waals surface area contributed by atoms with Crippen LogP contribution in [0.5, 0.6) is 0 Å². The van der Waals surface area contributed by atoms with E-state index in [0.717, 1.165) is 31.2 Å². The smallest absolute Gasteiger partial charge is 0.259 e. The molecule has 4 amide bonds. The Morgan fingerprint density at radius 2 is 1.78 bits per heavy atom. The van der Waals surface area contributed by atoms with E-state index in [9.17, 15) is 27.6 Å². The highest BCUT2D eigenvalue weighted by Crippen LogP contribution is 2.46. The summed E-state index contributed by atoms with van der Waals surface area (Å²) in [6, 6.07) is 5.36. The Labute approximate surface area is 245 Å². The lowest BCUT2D eigenvalue weighted by molar-refractivity contribution is -0.142. The van der Waals surface area contributed by atoms with E-state index in [2.05, 4.69) is 15.4 Å². The lowest BCUT2D eigenvalue weighted by atomic mass is 10.0. The summed E-state index contributed by atoms with van der Waals surface area (Å²) < 4.78 is 27.2. The van der Waals surface area contributed by atoms with E-state index in [0.29, 0.717) is 50.1 Å². The van der Waals surface area contributed by atoms with Crippen LogP contribution in [-0.2, 0) is 35.6 Å². The van der Waals surface area contributed by atoms with E-state index in [4.69, 9.17) is 11.6 Å². The van der Waals surface area contributed by atoms with Crippen molar-refractivity contribution in [3.8, 4) is 0 Å². The van der Waals surface area contributed by atoms with Crippen LogP contribution in [0, 0.1) is 5.92 Å². The van der Waals surface area contributed by atoms with E-state index < -0.39 is 44.7 Å². The first-order valence-electron chi connectivity index (χ1n) is 14.5. The van der Waals surface area contributed by atoms with Crippen molar-refractivity contribution in [3.05, 3.63) is 47.0 Å². The van der Waals surface area contributed by atoms with Crippen molar-refractivity contribution in [3.63, 3.8) is 0 Å². The van der Waals surface area contributed by atoms with E-state index in [1.165, 1.54) is 4.90 Å². The van der Waals surface area contributed by atoms with Gasteiger partial charge in [-0.1, -0.05) is 48.7 Å². The molecule has 10 nitrogen and oxygen atoms in total. The zero-order chi connectivity index (χ0) is 29.2. The average Bonchev–Trinajstić information content (AvgIpc) is 3.84. The molecule has 5 rings (SSSR count). The third kappa shape index (κ3) is 6.94. The third-order valence-corrected chi connectivity index (χ3v) is 10.5. The number of amides is 4. The minimum atomic E-state index is -3.79. The summed E-state index contributed by atoms with van der Waals surface area (Å²) in [5.41, 5.74) is -0.591. The van der Waals surface area contributed by atoms with Crippen molar-refractivity contribution in [1.82, 2.24) is 20.3 Å². The Kier molecular flexibility index (Phi) is 8.75. The number of halogens is 1. The summed E-state index contributed by atoms with van der Waals surface area (Å²) in [6.45, 7) is 0.360. The second kappa shape index (κ2) is 12.1. The molecule has 1 aromatic rings. The molecule has 0 radical (unpaired) electrons. The molecular weight excluding hydrogens is 568 g/mol. The van der Waals surface area contributed by atoms with Gasteiger partial charge in [0.2, 0.25) is 27.7 Å². The van der Waals surface area contributed by atoms with Gasteiger partial charge in [0, 0.05) is 17.5 Å². The predicted molar refractivity (Wildman–Crippen MR) is 153 cm³/mol. The molecule has 2 heterocycles. The van der Waals surface area contributed by atoms with Crippen molar-refractivity contribution in [2.45, 2.75) is 93.5 Å². The van der Waals surface area contributed by atoms with Crippen LogP contribution in [-0.4, -0.2) is 66.4 Å². The third-order valence-electron chi connectivity index (χ3n) is 8.45. The molecular formula is C29H37ClN4O6S. The van der Waals surface area contributed by atoms with Crippen LogP contribution in [0.25, 0.3) is 0 Å². The Morgan fingerprint density at radius 1 is 1.02 bits per heavy atom. The summed E-state index contributed by atoms with van der Waals surface area (Å²) >= 11 is 5.95. The second-order valence-corrected chi connectivity index (χ2v) is 14.0. The normalized spacial score (nSPS) is 28.9. The number of carbonyl (C=O) groups is 4. The SMILES string of the molecule is O=C(Cc1ccc(Cl)cc1)N[C@H]1CCCCCC=C[C@@H]2C[C@@]2(C(=O)NS(=O)(=O)C2CC2)NC(=O)[C@@H]2CCCN2C1=O. The van der Waals surface area contributed by atoms with E-state index in [1.54, 1.807) is 24.3 Å². The largest absolute Gasteiger partial charge is 0.344 e. The van der Waals surface area contributed by atoms with Crippen LogP contribution in [0.3, 0.4) is 0 Å². The number of sulfonamides is 1. The highest BCUT2D eigenvalue weighted by atomic mass is 35.5. The van der Waals surface area contributed by atoms with Gasteiger partial charge >= 0.3 is 0 Å². The van der Waals surface area contributed by atoms with Gasteiger partial charge in [-0.25, -0.2) is 8.42 Å². The van der Waals surface area contributed by atoms with E-state index in [1.807, 2.05) is 12.2 Å². The van der Waals surface area contributed by atoms with Crippen molar-refractivity contribution in [1.29, 1.82) is 0 Å². The predicted octanol–water partition coefficient (Wildman–Crippen LogP) is 2.36. The van der Waals surface area contributed by atoms with Gasteiger partial charge in [0.15, 0.2) is 0 Å². The van der Waals surface area contributed by atoms with Crippen LogP contribution in [0.4, 0.5) is 0 Å². The minimum absolute atomic E-state index is 0.0957. The maximum Gasteiger partial charge on any atom is 0.259 e. The lowest BCUT2D eigenvalue weighted by Crippen LogP contribution is -2.58. The zero-order valence-electron chi connectivity index (χ0n) is 22.9. The van der Waals surface area contributed by atoms with Crippen molar-refractivity contribution < 1.29 is 27.6 Å². The molecule has 0 bridgehead atoms. The molecule has 3 N–H and O–H groups in total. The quantitative estimate of drug-likeness (QED) is 0.426. The lowest BCUT2D eigenvalue weighted by Gasteiger charge is -2.30. The van der Waals surface area contributed by atoms with Crippen LogP contribution in [0.1, 0.15) is 69.8 Å². The zero-order valence-corrected chi connectivity index (χ0v) is 24.5. The number of benzene rings is 1. The summed E-state index contributed by atoms with van der Waals surface area (Å²) in [4.78, 5) is 55.0. The maximum absolute atomic E-state index is 13.8. The molecule has 4 atom stereocenters. The summed E-state index contributed by atoms with van der Waals surface area (Å²) in [6.07, 6.45) is 9.94. The molecule has 3 fully saturated rings. The van der Waals surface area contributed by atoms with Gasteiger partial charge in [-0.2, -0.15) is 0 Å². The van der Waals surface area contributed by atoms with Gasteiger partial charge in [-0.3, -0.25) is 23.9 Å². The fourth-order valence-electron chi connectivity index (χ4n) is 5.81. The van der Waals surface area contributed by atoms with Gasteiger partial charge in [-0.15, -0.1) is 0 Å². The maximum atomic E-state index is 13.8. The molecule has 1 aromatic carbocycles. The molecule has 0 aromatic heterocycles. The number of hydrogen-bond donors (Lipinski definition) is 3. The number of carbonyl (C=O) groups excluding carboxylic acids is 4. The standard InChI is InChI=1S/C29H37ClN4O6S/c30-21-12-10-19(11-13-21)17-25(35)31-23-8-5-3-1-2-4-7-20-18-29(20,28(38)33-41(39,40)22-14-15-22)32-26(36)24-9-6-16-34(24)27(23)37/h4,7,10-13,20,22-24H,1-3,5-6,8-9,14-18H2,(H,31,35)(H,32,36)(H,33,38)/t20-,23+,24+,29-/m1/s1. The molecule has 2 aliphatic carbocycles. The van der Waals surface area contributed by atoms with Gasteiger partial charge in [0.1, 0.15) is 17.6 Å². The Morgan fingerprint density at radius 3 is 2.51 bits per heavy atom. The van der Waals surface area contributed by atoms with Crippen LogP contribution in [0.2, 0.25) is 5.02 Å². The highest BCUT2D eigenvalue weighted by molar-refractivity contribution is 7.91. The van der Waals surface area contributed by atoms with Crippen LogP contribution in [0.15, 0.2) is 36.4 Å². The molecule has 12 heteroatoms. The van der Waals surface area contributed by atoms with Crippen molar-refractivity contribution in [2.24, 2.45) is 5.92 Å². The number of fused-ring (bicyclic) bond motifs is 2. The first kappa shape index (κ1) is 29.6. The fraction of sp³-hybridized carbons (Fsp3) is 0.586. The van der Waals surface area contributed by atoms with Crippen molar-refractivity contribution >= 4 is 45.3 Å². The fourth-order valence-corrected chi connectivity index (χ4v) is 7.30. The Balaban J connectivity index is 1.32. The van der Waals surface area contributed by atoms with Crippen LogP contribution >= 0.6 is 11.6 Å². The Bertz CT molecular complexity index is 1330. The molecule has 222 valence electrons. The van der Waals surface area contributed by atoms with E-state index >= 15 is 0 Å². The molecule has 41 heavy (non-hydrogen) atoms. The molecule has 0 unspecified atom stereocenters. The van der Waals surface area contributed by atoms with E-state index in [-0.39, 0.29) is 24.2 Å². The number of rotatable bonds is 6. The van der Waals surface area contributed by atoms with Crippen LogP contribution < -0.4 is 15.4 Å². The monoisotopic (exact) mass is 604 g/mol. The topological polar surface area (TPSA) is 142 Å². The summed E-state index contributed by atoms with van der Waals surface area (Å²) in [5, 5.41) is 5.75. The average molecular weight is 605 g/mol. The first-order chi connectivity index (χ1) is 19.6. The van der Waals surface area contributed by atoms with Gasteiger partial charge in [-0.05, 0) is 69.1 Å². The molecule has 4 aliphatic rings. The van der Waals surface area contributed by atoms with Gasteiger partial charge < -0.3 is 15.5 Å². The number of nitrogens with one attached hydrogen (secondary N) is 3. The first-order valence-corrected chi connectivity index (χ1v) is 16.4. The Hall–Kier alpha value is -2.92. The highest BCUT2D eigenvalue weighted by Gasteiger charge is 2.61. The number of allylic oxidation sites excluding steroid dienone is 1. The summed E-state index contributed by atoms with van der Waals surface area (Å²) in [5.74, 6) is -2.13. The second-order valence-electron chi connectivity index (χ2n) is 11.6. The molecule has 2 aliphatic heterocycles.